The minimum atomic E-state index is 0. The Bertz CT molecular complexity index is 332. The molecule has 0 saturated carbocycles. The molecule has 2 rings (SSSR count). The maximum atomic E-state index is 4.36. The van der Waals surface area contributed by atoms with Crippen LogP contribution in [0.4, 0.5) is 0 Å². The molecular weight excluding hydrogens is 407 g/mol. The molecule has 6 heteroatoms. The maximum absolute atomic E-state index is 4.36. The monoisotopic (exact) mass is 440 g/mol. The highest BCUT2D eigenvalue weighted by molar-refractivity contribution is 14.0. The van der Waals surface area contributed by atoms with Gasteiger partial charge in [0.25, 0.3) is 0 Å². The van der Waals surface area contributed by atoms with E-state index in [1.54, 1.807) is 0 Å². The molecule has 0 aromatic rings. The van der Waals surface area contributed by atoms with Gasteiger partial charge in [-0.1, -0.05) is 0 Å². The number of thioether (sulfide) groups is 1. The highest BCUT2D eigenvalue weighted by atomic mass is 127. The molecule has 4 nitrogen and oxygen atoms in total. The quantitative estimate of drug-likeness (QED) is 0.392. The van der Waals surface area contributed by atoms with Crippen molar-refractivity contribution >= 4 is 41.7 Å². The Hall–Kier alpha value is 0.310. The van der Waals surface area contributed by atoms with Crippen LogP contribution in [0.1, 0.15) is 39.5 Å². The molecule has 2 fully saturated rings. The van der Waals surface area contributed by atoms with E-state index in [9.17, 15) is 0 Å². The first-order valence-corrected chi connectivity index (χ1v) is 9.54. The summed E-state index contributed by atoms with van der Waals surface area (Å²) in [5.41, 5.74) is 0. The molecule has 2 atom stereocenters. The topological polar surface area (TPSA) is 39.7 Å². The van der Waals surface area contributed by atoms with Gasteiger partial charge >= 0.3 is 0 Å². The van der Waals surface area contributed by atoms with Crippen LogP contribution in [0.5, 0.6) is 0 Å². The van der Waals surface area contributed by atoms with Crippen molar-refractivity contribution in [3.63, 3.8) is 0 Å². The molecule has 0 radical (unpaired) electrons. The number of likely N-dealkylation sites (tertiary alicyclic amines) is 1. The van der Waals surface area contributed by atoms with E-state index in [0.717, 1.165) is 30.2 Å². The molecule has 2 aliphatic heterocycles. The van der Waals surface area contributed by atoms with Crippen LogP contribution in [0.25, 0.3) is 0 Å². The van der Waals surface area contributed by atoms with Crippen LogP contribution < -0.4 is 10.6 Å². The molecule has 22 heavy (non-hydrogen) atoms. The van der Waals surface area contributed by atoms with Crippen LogP contribution in [0, 0.1) is 5.92 Å². The first-order valence-electron chi connectivity index (χ1n) is 8.49. The summed E-state index contributed by atoms with van der Waals surface area (Å²) >= 11 is 2.09. The normalized spacial score (nSPS) is 26.8. The second kappa shape index (κ2) is 11.0. The number of hydrogen-bond acceptors (Lipinski definition) is 3. The lowest BCUT2D eigenvalue weighted by atomic mass is 9.97. The van der Waals surface area contributed by atoms with E-state index in [2.05, 4.69) is 46.1 Å². The van der Waals surface area contributed by atoms with Crippen molar-refractivity contribution in [2.75, 3.05) is 39.0 Å². The van der Waals surface area contributed by atoms with Gasteiger partial charge in [-0.25, -0.2) is 0 Å². The number of rotatable bonds is 5. The molecule has 0 bridgehead atoms. The molecule has 130 valence electrons. The average Bonchev–Trinajstić information content (AvgIpc) is 3.01. The zero-order valence-corrected chi connectivity index (χ0v) is 17.5. The van der Waals surface area contributed by atoms with E-state index < -0.39 is 0 Å². The van der Waals surface area contributed by atoms with Gasteiger partial charge in [-0.05, 0) is 57.7 Å². The molecule has 2 saturated heterocycles. The fourth-order valence-electron chi connectivity index (χ4n) is 3.21. The second-order valence-corrected chi connectivity index (χ2v) is 7.97. The van der Waals surface area contributed by atoms with Crippen LogP contribution in [-0.2, 0) is 0 Å². The lowest BCUT2D eigenvalue weighted by Crippen LogP contribution is -2.46. The minimum absolute atomic E-state index is 0. The summed E-state index contributed by atoms with van der Waals surface area (Å²) in [5, 5.41) is 7.79. The summed E-state index contributed by atoms with van der Waals surface area (Å²) in [6.45, 7) is 9.18. The van der Waals surface area contributed by atoms with Gasteiger partial charge in [-0.2, -0.15) is 11.8 Å². The van der Waals surface area contributed by atoms with E-state index in [0.29, 0.717) is 6.04 Å². The molecule has 2 heterocycles. The van der Waals surface area contributed by atoms with Crippen LogP contribution in [0.2, 0.25) is 0 Å². The van der Waals surface area contributed by atoms with E-state index in [4.69, 9.17) is 0 Å². The third-order valence-electron chi connectivity index (χ3n) is 4.58. The van der Waals surface area contributed by atoms with Crippen molar-refractivity contribution in [1.29, 1.82) is 0 Å². The molecule has 2 aliphatic rings. The highest BCUT2D eigenvalue weighted by Gasteiger charge is 2.22. The number of aliphatic imine (C=N–C) groups is 1. The number of halogens is 1. The summed E-state index contributed by atoms with van der Waals surface area (Å²) < 4.78 is 0. The van der Waals surface area contributed by atoms with Gasteiger partial charge in [0.2, 0.25) is 0 Å². The first kappa shape index (κ1) is 20.4. The Labute approximate surface area is 157 Å². The number of nitrogens with one attached hydrogen (secondary N) is 2. The lowest BCUT2D eigenvalue weighted by Gasteiger charge is -2.35. The zero-order valence-electron chi connectivity index (χ0n) is 14.3. The average molecular weight is 440 g/mol. The molecule has 0 spiro atoms. The molecule has 2 unspecified atom stereocenters. The second-order valence-electron chi connectivity index (χ2n) is 6.57. The Morgan fingerprint density at radius 2 is 2.00 bits per heavy atom. The third kappa shape index (κ3) is 6.83. The van der Waals surface area contributed by atoms with Gasteiger partial charge in [-0.3, -0.25) is 4.99 Å². The summed E-state index contributed by atoms with van der Waals surface area (Å²) in [7, 11) is 1.87. The summed E-state index contributed by atoms with van der Waals surface area (Å²) in [6, 6.07) is 0.671. The van der Waals surface area contributed by atoms with Gasteiger partial charge in [0, 0.05) is 38.0 Å². The van der Waals surface area contributed by atoms with Crippen LogP contribution in [0.3, 0.4) is 0 Å². The SMILES string of the molecule is CN=C(NCC1CCCN(C(C)C)C1)NCC1CCCS1.I. The van der Waals surface area contributed by atoms with Crippen molar-refractivity contribution in [3.8, 4) is 0 Å². The highest BCUT2D eigenvalue weighted by Crippen LogP contribution is 2.25. The van der Waals surface area contributed by atoms with Crippen molar-refractivity contribution in [2.45, 2.75) is 50.8 Å². The molecule has 0 aromatic heterocycles. The summed E-state index contributed by atoms with van der Waals surface area (Å²) in [4.78, 5) is 6.96. The Balaban J connectivity index is 0.00000242. The zero-order chi connectivity index (χ0) is 15.1. The fourth-order valence-corrected chi connectivity index (χ4v) is 4.41. The van der Waals surface area contributed by atoms with Gasteiger partial charge < -0.3 is 15.5 Å². The van der Waals surface area contributed by atoms with E-state index in [1.807, 2.05) is 7.05 Å². The van der Waals surface area contributed by atoms with E-state index in [-0.39, 0.29) is 24.0 Å². The van der Waals surface area contributed by atoms with Crippen molar-refractivity contribution in [2.24, 2.45) is 10.9 Å². The van der Waals surface area contributed by atoms with Crippen LogP contribution >= 0.6 is 35.7 Å². The minimum Gasteiger partial charge on any atom is -0.356 e. The fraction of sp³-hybridized carbons (Fsp3) is 0.938. The number of piperidine rings is 1. The molecule has 0 amide bonds. The molecular formula is C16H33IN4S. The predicted molar refractivity (Wildman–Crippen MR) is 110 cm³/mol. The predicted octanol–water partition coefficient (Wildman–Crippen LogP) is 2.79. The smallest absolute Gasteiger partial charge is 0.191 e. The Morgan fingerprint density at radius 3 is 2.64 bits per heavy atom. The molecule has 0 aromatic carbocycles. The largest absolute Gasteiger partial charge is 0.356 e. The van der Waals surface area contributed by atoms with Gasteiger partial charge in [0.15, 0.2) is 5.96 Å². The first-order chi connectivity index (χ1) is 10.2. The summed E-state index contributed by atoms with van der Waals surface area (Å²) in [6.07, 6.45) is 5.39. The number of nitrogens with zero attached hydrogens (tertiary/aromatic N) is 2. The van der Waals surface area contributed by atoms with Crippen LogP contribution in [0.15, 0.2) is 4.99 Å². The van der Waals surface area contributed by atoms with Crippen molar-refractivity contribution in [3.05, 3.63) is 0 Å². The third-order valence-corrected chi connectivity index (χ3v) is 5.98. The number of hydrogen-bond donors (Lipinski definition) is 2. The molecule has 2 N–H and O–H groups in total. The van der Waals surface area contributed by atoms with Crippen LogP contribution in [-0.4, -0.2) is 61.1 Å². The van der Waals surface area contributed by atoms with Gasteiger partial charge in [0.05, 0.1) is 0 Å². The Kier molecular flexibility index (Phi) is 10.1. The number of guanidine groups is 1. The lowest BCUT2D eigenvalue weighted by molar-refractivity contribution is 0.141. The van der Waals surface area contributed by atoms with E-state index in [1.165, 1.54) is 44.5 Å². The van der Waals surface area contributed by atoms with Gasteiger partial charge in [-0.15, -0.1) is 24.0 Å². The standard InChI is InChI=1S/C16H32N4S.HI/c1-13(2)20-8-4-6-14(12-20)10-18-16(17-3)19-11-15-7-5-9-21-15;/h13-15H,4-12H2,1-3H3,(H2,17,18,19);1H. The summed E-state index contributed by atoms with van der Waals surface area (Å²) in [5.74, 6) is 3.05. The van der Waals surface area contributed by atoms with Crippen molar-refractivity contribution in [1.82, 2.24) is 15.5 Å². The van der Waals surface area contributed by atoms with E-state index >= 15 is 0 Å². The van der Waals surface area contributed by atoms with Crippen molar-refractivity contribution < 1.29 is 0 Å². The molecule has 0 aliphatic carbocycles. The Morgan fingerprint density at radius 1 is 1.23 bits per heavy atom. The van der Waals surface area contributed by atoms with Gasteiger partial charge in [0.1, 0.15) is 0 Å². The maximum Gasteiger partial charge on any atom is 0.191 e.